The number of hydrogen-bond donors (Lipinski definition) is 2. The Bertz CT molecular complexity index is 1290. The minimum atomic E-state index is -0.748. The number of pyridine rings is 1. The van der Waals surface area contributed by atoms with Crippen LogP contribution in [0.3, 0.4) is 0 Å². The minimum Gasteiger partial charge on any atom is -0.489 e. The average Bonchev–Trinajstić information content (AvgIpc) is 3.50. The first kappa shape index (κ1) is 23.0. The van der Waals surface area contributed by atoms with Crippen molar-refractivity contribution in [3.05, 3.63) is 66.1 Å². The molecule has 1 aliphatic carbocycles. The van der Waals surface area contributed by atoms with Crippen LogP contribution in [0.5, 0.6) is 5.75 Å². The highest BCUT2D eigenvalue weighted by Crippen LogP contribution is 2.32. The van der Waals surface area contributed by atoms with Gasteiger partial charge in [-0.05, 0) is 50.3 Å². The van der Waals surface area contributed by atoms with E-state index in [9.17, 15) is 9.90 Å². The van der Waals surface area contributed by atoms with Gasteiger partial charge in [0.15, 0.2) is 10.9 Å². The number of nitrogens with zero attached hydrogens (tertiary/aromatic N) is 3. The third-order valence-electron chi connectivity index (χ3n) is 6.21. The van der Waals surface area contributed by atoms with Crippen molar-refractivity contribution in [1.82, 2.24) is 15.1 Å². The van der Waals surface area contributed by atoms with E-state index >= 15 is 0 Å². The van der Waals surface area contributed by atoms with Crippen LogP contribution in [0.1, 0.15) is 36.9 Å². The molecule has 2 atom stereocenters. The van der Waals surface area contributed by atoms with Crippen LogP contribution in [0.25, 0.3) is 21.9 Å². The Hall–Kier alpha value is -3.72. The summed E-state index contributed by atoms with van der Waals surface area (Å²) < 4.78 is 11.6. The molecule has 0 saturated heterocycles. The van der Waals surface area contributed by atoms with Crippen LogP contribution < -0.4 is 10.1 Å². The quantitative estimate of drug-likeness (QED) is 0.319. The van der Waals surface area contributed by atoms with Crippen LogP contribution >= 0.6 is 11.3 Å². The number of thiazole rings is 1. The molecule has 4 aromatic rings. The maximum Gasteiger partial charge on any atom is 0.306 e. The van der Waals surface area contributed by atoms with E-state index in [-0.39, 0.29) is 12.0 Å². The topological polar surface area (TPSA) is 110 Å². The summed E-state index contributed by atoms with van der Waals surface area (Å²) >= 11 is 1.59. The second-order valence-corrected chi connectivity index (χ2v) is 9.68. The van der Waals surface area contributed by atoms with Gasteiger partial charge in [-0.15, -0.1) is 0 Å². The fraction of sp³-hybridized carbons (Fsp3) is 0.308. The minimum absolute atomic E-state index is 0.108. The first-order valence-electron chi connectivity index (χ1n) is 11.6. The SMILES string of the molecule is Cc1noc(-c2ccc(O[C@H]3CCC[C@H](C(=O)O)C3)cn2)c1CNc1ncc(-c2ccccc2)s1. The number of hydrogen-bond acceptors (Lipinski definition) is 8. The molecule has 180 valence electrons. The molecule has 1 saturated carbocycles. The first-order chi connectivity index (χ1) is 17.1. The lowest BCUT2D eigenvalue weighted by Gasteiger charge is -2.27. The van der Waals surface area contributed by atoms with Gasteiger partial charge in [-0.3, -0.25) is 4.79 Å². The van der Waals surface area contributed by atoms with Crippen molar-refractivity contribution in [3.8, 4) is 27.6 Å². The number of aliphatic carboxylic acids is 1. The molecule has 3 heterocycles. The van der Waals surface area contributed by atoms with Gasteiger partial charge in [-0.25, -0.2) is 9.97 Å². The van der Waals surface area contributed by atoms with Crippen LogP contribution in [-0.4, -0.2) is 32.3 Å². The fourth-order valence-corrected chi connectivity index (χ4v) is 5.12. The number of rotatable bonds is 8. The van der Waals surface area contributed by atoms with E-state index in [0.29, 0.717) is 36.6 Å². The Labute approximate surface area is 207 Å². The predicted molar refractivity (Wildman–Crippen MR) is 133 cm³/mol. The van der Waals surface area contributed by atoms with E-state index in [0.717, 1.165) is 39.7 Å². The number of carboxylic acids is 1. The van der Waals surface area contributed by atoms with E-state index in [1.165, 1.54) is 0 Å². The Balaban J connectivity index is 1.24. The summed E-state index contributed by atoms with van der Waals surface area (Å²) in [7, 11) is 0. The molecule has 8 nitrogen and oxygen atoms in total. The molecule has 0 radical (unpaired) electrons. The van der Waals surface area contributed by atoms with Crippen molar-refractivity contribution in [2.45, 2.75) is 45.3 Å². The molecule has 0 unspecified atom stereocenters. The summed E-state index contributed by atoms with van der Waals surface area (Å²) in [5.74, 6) is 0.138. The monoisotopic (exact) mass is 490 g/mol. The predicted octanol–water partition coefficient (Wildman–Crippen LogP) is 5.80. The summed E-state index contributed by atoms with van der Waals surface area (Å²) in [6, 6.07) is 13.8. The molecule has 9 heteroatoms. The number of carbonyl (C=O) groups is 1. The van der Waals surface area contributed by atoms with Crippen molar-refractivity contribution in [2.75, 3.05) is 5.32 Å². The van der Waals surface area contributed by atoms with Gasteiger partial charge >= 0.3 is 5.97 Å². The molecular weight excluding hydrogens is 464 g/mol. The van der Waals surface area contributed by atoms with Crippen LogP contribution in [0.4, 0.5) is 5.13 Å². The van der Waals surface area contributed by atoms with Crippen LogP contribution in [0, 0.1) is 12.8 Å². The van der Waals surface area contributed by atoms with Gasteiger partial charge in [0, 0.05) is 18.3 Å². The van der Waals surface area contributed by atoms with Crippen molar-refractivity contribution >= 4 is 22.4 Å². The Morgan fingerprint density at radius 3 is 2.80 bits per heavy atom. The van der Waals surface area contributed by atoms with Gasteiger partial charge in [0.2, 0.25) is 0 Å². The average molecular weight is 491 g/mol. The molecule has 0 spiro atoms. The second kappa shape index (κ2) is 10.3. The van der Waals surface area contributed by atoms with Crippen LogP contribution in [-0.2, 0) is 11.3 Å². The highest BCUT2D eigenvalue weighted by Gasteiger charge is 2.28. The molecule has 1 aromatic carbocycles. The van der Waals surface area contributed by atoms with Crippen LogP contribution in [0.2, 0.25) is 0 Å². The lowest BCUT2D eigenvalue weighted by atomic mass is 9.87. The van der Waals surface area contributed by atoms with Crippen molar-refractivity contribution < 1.29 is 19.2 Å². The number of carboxylic acid groups (broad SMARTS) is 1. The lowest BCUT2D eigenvalue weighted by Crippen LogP contribution is -2.29. The lowest BCUT2D eigenvalue weighted by molar-refractivity contribution is -0.143. The smallest absolute Gasteiger partial charge is 0.306 e. The summed E-state index contributed by atoms with van der Waals surface area (Å²) in [6.45, 7) is 2.41. The molecule has 35 heavy (non-hydrogen) atoms. The zero-order valence-electron chi connectivity index (χ0n) is 19.3. The number of ether oxygens (including phenoxy) is 1. The number of nitrogens with one attached hydrogen (secondary N) is 1. The van der Waals surface area contributed by atoms with Gasteiger partial charge in [-0.2, -0.15) is 0 Å². The number of aryl methyl sites for hydroxylation is 1. The molecule has 3 aromatic heterocycles. The summed E-state index contributed by atoms with van der Waals surface area (Å²) in [5, 5.41) is 17.6. The van der Waals surface area contributed by atoms with E-state index < -0.39 is 5.97 Å². The van der Waals surface area contributed by atoms with Crippen molar-refractivity contribution in [1.29, 1.82) is 0 Å². The third-order valence-corrected chi connectivity index (χ3v) is 7.22. The molecule has 2 N–H and O–H groups in total. The van der Waals surface area contributed by atoms with E-state index in [2.05, 4.69) is 32.6 Å². The van der Waals surface area contributed by atoms with Crippen LogP contribution in [0.15, 0.2) is 59.4 Å². The van der Waals surface area contributed by atoms with Crippen molar-refractivity contribution in [3.63, 3.8) is 0 Å². The highest BCUT2D eigenvalue weighted by atomic mass is 32.1. The molecule has 5 rings (SSSR count). The standard InChI is InChI=1S/C26H26N4O4S/c1-16-21(14-28-26-29-15-23(35-26)17-6-3-2-4-7-17)24(34-30-16)22-11-10-20(13-27-22)33-19-9-5-8-18(12-19)25(31)32/h2-4,6-7,10-11,13,15,18-19H,5,8-9,12,14H2,1H3,(H,28,29)(H,31,32)/t18-,19-/m0/s1. The zero-order chi connectivity index (χ0) is 24.2. The number of anilines is 1. The van der Waals surface area contributed by atoms with Gasteiger partial charge < -0.3 is 19.7 Å². The molecule has 0 bridgehead atoms. The normalized spacial score (nSPS) is 17.7. The Morgan fingerprint density at radius 2 is 2.03 bits per heavy atom. The summed E-state index contributed by atoms with van der Waals surface area (Å²) in [4.78, 5) is 21.4. The molecule has 1 fully saturated rings. The van der Waals surface area contributed by atoms with E-state index in [4.69, 9.17) is 9.26 Å². The first-order valence-corrected chi connectivity index (χ1v) is 12.4. The van der Waals surface area contributed by atoms with Gasteiger partial charge in [0.05, 0.1) is 28.8 Å². The maximum atomic E-state index is 11.3. The third kappa shape index (κ3) is 5.35. The fourth-order valence-electron chi connectivity index (χ4n) is 4.31. The molecule has 0 amide bonds. The molecule has 1 aliphatic rings. The summed E-state index contributed by atoms with van der Waals surface area (Å²) in [5.41, 5.74) is 3.50. The second-order valence-electron chi connectivity index (χ2n) is 8.65. The van der Waals surface area contributed by atoms with Gasteiger partial charge in [0.25, 0.3) is 0 Å². The molecular formula is C26H26N4O4S. The van der Waals surface area contributed by atoms with E-state index in [1.807, 2.05) is 43.5 Å². The van der Waals surface area contributed by atoms with Crippen molar-refractivity contribution in [2.24, 2.45) is 5.92 Å². The molecule has 0 aliphatic heterocycles. The zero-order valence-corrected chi connectivity index (χ0v) is 20.1. The van der Waals surface area contributed by atoms with Gasteiger partial charge in [-0.1, -0.05) is 46.8 Å². The Morgan fingerprint density at radius 1 is 1.17 bits per heavy atom. The Kier molecular flexibility index (Phi) is 6.76. The van der Waals surface area contributed by atoms with E-state index in [1.54, 1.807) is 17.5 Å². The number of aromatic nitrogens is 3. The maximum absolute atomic E-state index is 11.3. The van der Waals surface area contributed by atoms with Gasteiger partial charge in [0.1, 0.15) is 11.4 Å². The number of benzene rings is 1. The largest absolute Gasteiger partial charge is 0.489 e. The summed E-state index contributed by atoms with van der Waals surface area (Å²) in [6.07, 6.45) is 6.36. The highest BCUT2D eigenvalue weighted by molar-refractivity contribution is 7.18.